The highest BCUT2D eigenvalue weighted by Crippen LogP contribution is 1.89. The molecule has 12 heavy (non-hydrogen) atoms. The van der Waals surface area contributed by atoms with Gasteiger partial charge < -0.3 is 9.88 Å². The predicted octanol–water partition coefficient (Wildman–Crippen LogP) is -0.292. The van der Waals surface area contributed by atoms with Gasteiger partial charge in [-0.25, -0.2) is 0 Å². The second-order valence-corrected chi connectivity index (χ2v) is 3.12. The van der Waals surface area contributed by atoms with E-state index in [1.54, 1.807) is 0 Å². The van der Waals surface area contributed by atoms with Gasteiger partial charge in [-0.05, 0) is 12.5 Å². The number of aromatic nitrogens is 1. The topological polar surface area (TPSA) is 31.4 Å². The van der Waals surface area contributed by atoms with E-state index in [2.05, 4.69) is 28.1 Å². The maximum absolute atomic E-state index is 4.45. The summed E-state index contributed by atoms with van der Waals surface area (Å²) in [6.45, 7) is 2.02. The Bertz CT molecular complexity index is 363. The van der Waals surface area contributed by atoms with Crippen LogP contribution in [0.2, 0.25) is 0 Å². The maximum Gasteiger partial charge on any atom is 0.0838 e. The molecule has 1 aliphatic heterocycles. The number of nitrogens with zero attached hydrogens (tertiary/aromatic N) is 2. The third-order valence-electron chi connectivity index (χ3n) is 2.06. The molecule has 0 bridgehead atoms. The van der Waals surface area contributed by atoms with Gasteiger partial charge in [0.2, 0.25) is 0 Å². The van der Waals surface area contributed by atoms with Gasteiger partial charge >= 0.3 is 0 Å². The molecule has 1 N–H and O–H groups in total. The first-order chi connectivity index (χ1) is 5.86. The fourth-order valence-electron chi connectivity index (χ4n) is 1.42. The number of aromatic amines is 1. The third-order valence-corrected chi connectivity index (χ3v) is 2.06. The molecule has 3 heteroatoms. The van der Waals surface area contributed by atoms with Crippen LogP contribution in [0.1, 0.15) is 6.42 Å². The molecule has 0 fully saturated rings. The second-order valence-electron chi connectivity index (χ2n) is 3.12. The van der Waals surface area contributed by atoms with Gasteiger partial charge in [-0.3, -0.25) is 4.99 Å². The summed E-state index contributed by atoms with van der Waals surface area (Å²) in [5, 5.41) is 2.21. The largest absolute Gasteiger partial charge is 0.379 e. The van der Waals surface area contributed by atoms with Gasteiger partial charge in [-0.2, -0.15) is 0 Å². The monoisotopic (exact) mass is 163 g/mol. The van der Waals surface area contributed by atoms with E-state index in [9.17, 15) is 0 Å². The van der Waals surface area contributed by atoms with Gasteiger partial charge in [0, 0.05) is 32.5 Å². The maximum atomic E-state index is 4.45. The molecule has 1 aliphatic rings. The van der Waals surface area contributed by atoms with E-state index in [0.29, 0.717) is 0 Å². The van der Waals surface area contributed by atoms with Gasteiger partial charge in [0.15, 0.2) is 0 Å². The van der Waals surface area contributed by atoms with Crippen molar-refractivity contribution in [2.24, 2.45) is 4.99 Å². The highest BCUT2D eigenvalue weighted by atomic mass is 15.1. The van der Waals surface area contributed by atoms with Crippen LogP contribution in [-0.4, -0.2) is 30.0 Å². The molecule has 0 radical (unpaired) electrons. The zero-order valence-corrected chi connectivity index (χ0v) is 7.25. The highest BCUT2D eigenvalue weighted by molar-refractivity contribution is 5.17. The summed E-state index contributed by atoms with van der Waals surface area (Å²) >= 11 is 0. The van der Waals surface area contributed by atoms with Crippen LogP contribution in [0.15, 0.2) is 17.3 Å². The molecule has 0 spiro atoms. The molecule has 0 unspecified atom stereocenters. The van der Waals surface area contributed by atoms with Crippen molar-refractivity contribution in [2.45, 2.75) is 6.42 Å². The molecular weight excluding hydrogens is 150 g/mol. The quantitative estimate of drug-likeness (QED) is 0.560. The first kappa shape index (κ1) is 7.40. The summed E-state index contributed by atoms with van der Waals surface area (Å²) < 4.78 is 0. The lowest BCUT2D eigenvalue weighted by molar-refractivity contribution is 0.479. The van der Waals surface area contributed by atoms with E-state index < -0.39 is 0 Å². The number of hydrogen-bond acceptors (Lipinski definition) is 2. The predicted molar refractivity (Wildman–Crippen MR) is 48.2 cm³/mol. The fourth-order valence-corrected chi connectivity index (χ4v) is 1.42. The molecule has 0 aromatic carbocycles. The Hall–Kier alpha value is -1.25. The van der Waals surface area contributed by atoms with E-state index in [4.69, 9.17) is 0 Å². The second kappa shape index (κ2) is 3.01. The van der Waals surface area contributed by atoms with Crippen LogP contribution >= 0.6 is 0 Å². The Balaban J connectivity index is 2.56. The summed E-state index contributed by atoms with van der Waals surface area (Å²) in [5.74, 6) is 0. The molecule has 3 nitrogen and oxygen atoms in total. The molecule has 2 heterocycles. The van der Waals surface area contributed by atoms with Crippen molar-refractivity contribution in [1.29, 1.82) is 0 Å². The Morgan fingerprint density at radius 2 is 2.50 bits per heavy atom. The van der Waals surface area contributed by atoms with Gasteiger partial charge in [0.05, 0.1) is 10.7 Å². The van der Waals surface area contributed by atoms with Gasteiger partial charge in [0.25, 0.3) is 0 Å². The van der Waals surface area contributed by atoms with Crippen LogP contribution in [-0.2, 0) is 0 Å². The van der Waals surface area contributed by atoms with E-state index in [1.165, 1.54) is 0 Å². The minimum absolute atomic E-state index is 0.934. The lowest BCUT2D eigenvalue weighted by Crippen LogP contribution is -2.30. The van der Waals surface area contributed by atoms with Crippen molar-refractivity contribution in [3.63, 3.8) is 0 Å². The minimum Gasteiger partial charge on any atom is -0.379 e. The standard InChI is InChI=1S/C9H13N3/c1-12-6-2-4-10-8-3-5-11-9(8)7-12/h3,5,7,11H,2,4,6H2,1H3/b9-7+,10-8-. The summed E-state index contributed by atoms with van der Waals surface area (Å²) in [6, 6.07) is 2.02. The van der Waals surface area contributed by atoms with Crippen molar-refractivity contribution in [3.8, 4) is 0 Å². The lowest BCUT2D eigenvalue weighted by atomic mass is 10.3. The molecule has 0 saturated heterocycles. The van der Waals surface area contributed by atoms with Crippen LogP contribution in [0.3, 0.4) is 0 Å². The normalized spacial score (nSPS) is 22.6. The van der Waals surface area contributed by atoms with Crippen molar-refractivity contribution >= 4 is 6.20 Å². The van der Waals surface area contributed by atoms with Crippen LogP contribution in [0, 0.1) is 0 Å². The smallest absolute Gasteiger partial charge is 0.0838 e. The molecule has 1 aromatic heterocycles. The van der Waals surface area contributed by atoms with E-state index in [0.717, 1.165) is 30.2 Å². The molecule has 0 atom stereocenters. The van der Waals surface area contributed by atoms with Crippen molar-refractivity contribution in [3.05, 3.63) is 23.0 Å². The molecular formula is C9H13N3. The number of fused-ring (bicyclic) bond motifs is 1. The zero-order valence-electron chi connectivity index (χ0n) is 7.25. The van der Waals surface area contributed by atoms with Gasteiger partial charge in [-0.15, -0.1) is 0 Å². The molecule has 0 aliphatic carbocycles. The van der Waals surface area contributed by atoms with Crippen LogP contribution in [0.5, 0.6) is 0 Å². The summed E-state index contributed by atoms with van der Waals surface area (Å²) in [5.41, 5.74) is 0. The first-order valence-corrected chi connectivity index (χ1v) is 4.26. The average molecular weight is 163 g/mol. The fraction of sp³-hybridized carbons (Fsp3) is 0.444. The summed E-state index contributed by atoms with van der Waals surface area (Å²) in [4.78, 5) is 9.82. The summed E-state index contributed by atoms with van der Waals surface area (Å²) in [7, 11) is 2.09. The van der Waals surface area contributed by atoms with Crippen molar-refractivity contribution in [1.82, 2.24) is 9.88 Å². The van der Waals surface area contributed by atoms with Crippen LogP contribution in [0.25, 0.3) is 6.20 Å². The number of nitrogens with one attached hydrogen (secondary N) is 1. The third kappa shape index (κ3) is 1.35. The van der Waals surface area contributed by atoms with E-state index in [-0.39, 0.29) is 0 Å². The van der Waals surface area contributed by atoms with Crippen molar-refractivity contribution in [2.75, 3.05) is 20.1 Å². The van der Waals surface area contributed by atoms with E-state index in [1.807, 2.05) is 12.3 Å². The average Bonchev–Trinajstić information content (AvgIpc) is 2.42. The number of hydrogen-bond donors (Lipinski definition) is 1. The molecule has 0 saturated carbocycles. The lowest BCUT2D eigenvalue weighted by Gasteiger charge is -2.13. The van der Waals surface area contributed by atoms with Gasteiger partial charge in [0.1, 0.15) is 0 Å². The Kier molecular flexibility index (Phi) is 1.86. The summed E-state index contributed by atoms with van der Waals surface area (Å²) in [6.07, 6.45) is 5.18. The molecule has 64 valence electrons. The minimum atomic E-state index is 0.934. The van der Waals surface area contributed by atoms with E-state index >= 15 is 0 Å². The van der Waals surface area contributed by atoms with Gasteiger partial charge in [-0.1, -0.05) is 0 Å². The van der Waals surface area contributed by atoms with Crippen LogP contribution < -0.4 is 10.7 Å². The Morgan fingerprint density at radius 1 is 1.58 bits per heavy atom. The zero-order chi connectivity index (χ0) is 8.39. The first-order valence-electron chi connectivity index (χ1n) is 4.26. The van der Waals surface area contributed by atoms with Crippen LogP contribution in [0.4, 0.5) is 0 Å². The Morgan fingerprint density at radius 3 is 3.42 bits per heavy atom. The SMILES string of the molecule is CN1/C=c2/[nH]cc/c2=N/CCC1. The molecule has 0 amide bonds. The highest BCUT2D eigenvalue weighted by Gasteiger charge is 1.96. The number of H-pyrrole nitrogens is 1. The molecule has 2 rings (SSSR count). The number of rotatable bonds is 0. The van der Waals surface area contributed by atoms with Crippen molar-refractivity contribution < 1.29 is 0 Å². The molecule has 1 aromatic rings. The Labute approximate surface area is 71.4 Å².